The Balaban J connectivity index is 1.45. The molecule has 6 rings (SSSR count). The molecule has 4 heterocycles. The summed E-state index contributed by atoms with van der Waals surface area (Å²) >= 11 is 0. The number of ether oxygens (including phenoxy) is 2. The van der Waals surface area contributed by atoms with Crippen LogP contribution >= 0.6 is 0 Å². The number of nitrogens with zero attached hydrogens (tertiary/aromatic N) is 5. The van der Waals surface area contributed by atoms with Crippen LogP contribution in [-0.4, -0.2) is 46.0 Å². The highest BCUT2D eigenvalue weighted by molar-refractivity contribution is 5.89. The number of nitriles is 1. The van der Waals surface area contributed by atoms with Gasteiger partial charge in [-0.25, -0.2) is 4.98 Å². The van der Waals surface area contributed by atoms with Crippen LogP contribution in [0.15, 0.2) is 65.7 Å². The summed E-state index contributed by atoms with van der Waals surface area (Å²) in [7, 11) is 0. The fourth-order valence-electron chi connectivity index (χ4n) is 5.31. The van der Waals surface area contributed by atoms with E-state index in [0.717, 1.165) is 24.9 Å². The second-order valence-corrected chi connectivity index (χ2v) is 9.63. The zero-order valence-electron chi connectivity index (χ0n) is 20.4. The highest BCUT2D eigenvalue weighted by atomic mass is 16.6. The maximum absolute atomic E-state index is 13.9. The molecule has 2 aliphatic rings. The van der Waals surface area contributed by atoms with Crippen molar-refractivity contribution < 1.29 is 9.47 Å². The first-order valence-corrected chi connectivity index (χ1v) is 12.6. The molecule has 1 fully saturated rings. The molecule has 2 aromatic carbocycles. The number of rotatable bonds is 5. The van der Waals surface area contributed by atoms with Crippen LogP contribution in [0.25, 0.3) is 11.0 Å². The van der Waals surface area contributed by atoms with Gasteiger partial charge in [-0.3, -0.25) is 9.36 Å². The number of piperidine rings is 1. The molecule has 0 spiro atoms. The van der Waals surface area contributed by atoms with E-state index in [0.29, 0.717) is 53.6 Å². The lowest BCUT2D eigenvalue weighted by molar-refractivity contribution is 0.0777. The van der Waals surface area contributed by atoms with Crippen molar-refractivity contribution in [3.8, 4) is 17.6 Å². The van der Waals surface area contributed by atoms with E-state index >= 15 is 0 Å². The summed E-state index contributed by atoms with van der Waals surface area (Å²) in [6.07, 6.45) is 3.03. The van der Waals surface area contributed by atoms with E-state index in [2.05, 4.69) is 16.0 Å². The van der Waals surface area contributed by atoms with Gasteiger partial charge in [0.1, 0.15) is 35.1 Å². The lowest BCUT2D eigenvalue weighted by atomic mass is 10.1. The van der Waals surface area contributed by atoms with Gasteiger partial charge in [-0.1, -0.05) is 42.5 Å². The minimum Gasteiger partial charge on any atom is -0.486 e. The molecule has 2 aliphatic heterocycles. The Kier molecular flexibility index (Phi) is 6.02. The number of para-hydroxylation sites is 2. The van der Waals surface area contributed by atoms with Crippen molar-refractivity contribution in [1.82, 2.24) is 14.1 Å². The van der Waals surface area contributed by atoms with Gasteiger partial charge in [0.25, 0.3) is 5.56 Å². The first-order valence-electron chi connectivity index (χ1n) is 12.6. The number of nitrogens with two attached hydrogens (primary N) is 1. The van der Waals surface area contributed by atoms with E-state index in [-0.39, 0.29) is 24.2 Å². The monoisotopic (exact) mass is 496 g/mol. The summed E-state index contributed by atoms with van der Waals surface area (Å²) in [5.74, 6) is 2.06. The molecule has 0 aliphatic carbocycles. The number of aromatic nitrogens is 3. The molecule has 4 aromatic rings. The predicted molar refractivity (Wildman–Crippen MR) is 140 cm³/mol. The van der Waals surface area contributed by atoms with E-state index < -0.39 is 0 Å². The van der Waals surface area contributed by atoms with E-state index in [1.54, 1.807) is 4.57 Å². The quantitative estimate of drug-likeness (QED) is 0.452. The molecular formula is C28H28N6O3. The molecule has 9 nitrogen and oxygen atoms in total. The first kappa shape index (κ1) is 23.1. The van der Waals surface area contributed by atoms with Crippen LogP contribution in [0, 0.1) is 11.3 Å². The average molecular weight is 497 g/mol. The summed E-state index contributed by atoms with van der Waals surface area (Å²) in [6, 6.07) is 19.8. The highest BCUT2D eigenvalue weighted by Crippen LogP contribution is 2.33. The van der Waals surface area contributed by atoms with Gasteiger partial charge in [0.2, 0.25) is 0 Å². The van der Waals surface area contributed by atoms with E-state index in [1.165, 1.54) is 6.33 Å². The molecule has 2 atom stereocenters. The van der Waals surface area contributed by atoms with Crippen molar-refractivity contribution in [2.24, 2.45) is 5.73 Å². The van der Waals surface area contributed by atoms with Crippen molar-refractivity contribution in [3.05, 3.63) is 82.4 Å². The lowest BCUT2D eigenvalue weighted by Gasteiger charge is -2.33. The maximum Gasteiger partial charge on any atom is 0.278 e. The predicted octanol–water partition coefficient (Wildman–Crippen LogP) is 2.89. The molecule has 0 radical (unpaired) electrons. The van der Waals surface area contributed by atoms with Crippen LogP contribution in [0.4, 0.5) is 5.82 Å². The largest absolute Gasteiger partial charge is 0.486 e. The van der Waals surface area contributed by atoms with E-state index in [1.807, 2.05) is 59.2 Å². The first-order chi connectivity index (χ1) is 18.1. The maximum atomic E-state index is 13.9. The van der Waals surface area contributed by atoms with Crippen LogP contribution < -0.4 is 25.7 Å². The van der Waals surface area contributed by atoms with Crippen LogP contribution in [0.3, 0.4) is 0 Å². The fourth-order valence-corrected chi connectivity index (χ4v) is 5.31. The molecule has 0 saturated carbocycles. The van der Waals surface area contributed by atoms with Gasteiger partial charge < -0.3 is 24.7 Å². The number of benzene rings is 2. The summed E-state index contributed by atoms with van der Waals surface area (Å²) in [5.41, 5.74) is 8.36. The minimum atomic E-state index is -0.348. The highest BCUT2D eigenvalue weighted by Gasteiger charge is 2.29. The van der Waals surface area contributed by atoms with E-state index in [9.17, 15) is 10.1 Å². The van der Waals surface area contributed by atoms with Crippen LogP contribution in [0.5, 0.6) is 11.5 Å². The molecule has 2 N–H and O–H groups in total. The van der Waals surface area contributed by atoms with Gasteiger partial charge in [0.05, 0.1) is 12.9 Å². The molecule has 37 heavy (non-hydrogen) atoms. The van der Waals surface area contributed by atoms with Gasteiger partial charge in [-0.15, -0.1) is 0 Å². The van der Waals surface area contributed by atoms with E-state index in [4.69, 9.17) is 15.2 Å². The van der Waals surface area contributed by atoms with Gasteiger partial charge in [0.15, 0.2) is 17.6 Å². The Morgan fingerprint density at radius 1 is 1.11 bits per heavy atom. The smallest absolute Gasteiger partial charge is 0.278 e. The summed E-state index contributed by atoms with van der Waals surface area (Å²) in [6.45, 7) is 2.44. The summed E-state index contributed by atoms with van der Waals surface area (Å²) < 4.78 is 15.4. The topological polar surface area (TPSA) is 111 Å². The molecule has 1 unspecified atom stereocenters. The number of fused-ring (bicyclic) bond motifs is 2. The van der Waals surface area contributed by atoms with Crippen LogP contribution in [0.2, 0.25) is 0 Å². The molecule has 0 bridgehead atoms. The summed E-state index contributed by atoms with van der Waals surface area (Å²) in [5, 5.41) is 10.2. The third-order valence-electron chi connectivity index (χ3n) is 7.02. The van der Waals surface area contributed by atoms with Crippen molar-refractivity contribution in [2.75, 3.05) is 24.6 Å². The Morgan fingerprint density at radius 2 is 1.89 bits per heavy atom. The normalized spacial score (nSPS) is 19.1. The van der Waals surface area contributed by atoms with Crippen LogP contribution in [0.1, 0.15) is 24.0 Å². The summed E-state index contributed by atoms with van der Waals surface area (Å²) in [4.78, 5) is 20.7. The average Bonchev–Trinajstić information content (AvgIpc) is 3.24. The van der Waals surface area contributed by atoms with Crippen LogP contribution in [-0.2, 0) is 13.1 Å². The SMILES string of the molecule is N#Cc1c(N2CCC[C@H](N)C2)n(Cc2ccccc2)c2c(=O)n(CC3COc4ccccc4O3)cnc12. The zero-order chi connectivity index (χ0) is 25.4. The molecule has 9 heteroatoms. The van der Waals surface area contributed by atoms with Crippen molar-refractivity contribution in [1.29, 1.82) is 5.26 Å². The molecular weight excluding hydrogens is 468 g/mol. The van der Waals surface area contributed by atoms with Crippen molar-refractivity contribution >= 4 is 16.9 Å². The van der Waals surface area contributed by atoms with Crippen molar-refractivity contribution in [2.45, 2.75) is 38.1 Å². The van der Waals surface area contributed by atoms with Gasteiger partial charge in [0, 0.05) is 25.7 Å². The minimum absolute atomic E-state index is 0.0134. The van der Waals surface area contributed by atoms with Gasteiger partial charge in [-0.05, 0) is 30.5 Å². The molecule has 0 amide bonds. The number of anilines is 1. The number of hydrogen-bond acceptors (Lipinski definition) is 7. The second-order valence-electron chi connectivity index (χ2n) is 9.63. The Hall–Kier alpha value is -4.29. The zero-order valence-corrected chi connectivity index (χ0v) is 20.4. The second kappa shape index (κ2) is 9.64. The molecule has 2 aromatic heterocycles. The number of hydrogen-bond donors (Lipinski definition) is 1. The lowest BCUT2D eigenvalue weighted by Crippen LogP contribution is -2.44. The van der Waals surface area contributed by atoms with Crippen molar-refractivity contribution in [3.63, 3.8) is 0 Å². The molecule has 188 valence electrons. The Labute approximate surface area is 214 Å². The Bertz CT molecular complexity index is 1540. The third-order valence-corrected chi connectivity index (χ3v) is 7.02. The fraction of sp³-hybridized carbons (Fsp3) is 0.321. The standard InChI is InChI=1S/C28H28N6O3/c29-13-22-25-26(28(35)33(18-31-25)16-21-17-36-23-10-4-5-11-24(23)37-21)34(14-19-7-2-1-3-8-19)27(22)32-12-6-9-20(30)15-32/h1-5,7-8,10-11,18,20-21H,6,9,12,14-17,30H2/t20-,21?/m0/s1. The Morgan fingerprint density at radius 3 is 2.68 bits per heavy atom. The van der Waals surface area contributed by atoms with Gasteiger partial charge >= 0.3 is 0 Å². The molecule has 1 saturated heterocycles. The van der Waals surface area contributed by atoms with Gasteiger partial charge in [-0.2, -0.15) is 5.26 Å². The third kappa shape index (κ3) is 4.30.